The highest BCUT2D eigenvalue weighted by atomic mass is 32.2. The lowest BCUT2D eigenvalue weighted by atomic mass is 10.1. The van der Waals surface area contributed by atoms with Gasteiger partial charge in [-0.2, -0.15) is 0 Å². The Bertz CT molecular complexity index is 922. The molecule has 1 aliphatic rings. The molecular formula is C22H28N2O3S. The van der Waals surface area contributed by atoms with Crippen LogP contribution in [0.2, 0.25) is 0 Å². The van der Waals surface area contributed by atoms with Gasteiger partial charge in [0, 0.05) is 24.2 Å². The Morgan fingerprint density at radius 3 is 2.36 bits per heavy atom. The lowest BCUT2D eigenvalue weighted by molar-refractivity contribution is 0.0722. The maximum Gasteiger partial charge on any atom is 0.254 e. The zero-order valence-electron chi connectivity index (χ0n) is 16.6. The first-order valence-corrected chi connectivity index (χ1v) is 11.2. The first-order valence-electron chi connectivity index (χ1n) is 9.76. The minimum Gasteiger partial charge on any atom is -0.335 e. The quantitative estimate of drug-likeness (QED) is 0.729. The van der Waals surface area contributed by atoms with Crippen molar-refractivity contribution < 1.29 is 13.2 Å². The first kappa shape index (κ1) is 20.6. The van der Waals surface area contributed by atoms with Crippen LogP contribution in [0.3, 0.4) is 0 Å². The molecule has 0 bridgehead atoms. The summed E-state index contributed by atoms with van der Waals surface area (Å²) in [4.78, 5) is 15.0. The fourth-order valence-electron chi connectivity index (χ4n) is 3.25. The molecule has 3 rings (SSSR count). The first-order chi connectivity index (χ1) is 13.3. The summed E-state index contributed by atoms with van der Waals surface area (Å²) in [6, 6.07) is 15.7. The number of carbonyl (C=O) groups is 1. The number of nitrogens with one attached hydrogen (secondary N) is 1. The largest absolute Gasteiger partial charge is 0.335 e. The summed E-state index contributed by atoms with van der Waals surface area (Å²) in [5.74, 6) is 0.272. The fourth-order valence-corrected chi connectivity index (χ4v) is 4.53. The van der Waals surface area contributed by atoms with Crippen molar-refractivity contribution in [3.05, 3.63) is 65.7 Å². The smallest absolute Gasteiger partial charge is 0.254 e. The molecule has 1 aliphatic carbocycles. The van der Waals surface area contributed by atoms with Crippen molar-refractivity contribution in [3.8, 4) is 0 Å². The predicted octanol–water partition coefficient (Wildman–Crippen LogP) is 3.99. The van der Waals surface area contributed by atoms with E-state index < -0.39 is 10.0 Å². The standard InChI is InChI=1S/C22H28N2O3S/c1-16(2)15-24(20-12-13-20)22(25)19-10-7-11-21(14-19)28(26,27)23-17(3)18-8-5-4-6-9-18/h4-11,14,16-17,20,23H,12-13,15H2,1-3H3. The van der Waals surface area contributed by atoms with E-state index in [1.165, 1.54) is 12.1 Å². The van der Waals surface area contributed by atoms with E-state index in [2.05, 4.69) is 18.6 Å². The Labute approximate surface area is 167 Å². The number of benzene rings is 2. The van der Waals surface area contributed by atoms with Gasteiger partial charge in [-0.15, -0.1) is 0 Å². The molecule has 0 aliphatic heterocycles. The number of carbonyl (C=O) groups excluding carboxylic acids is 1. The summed E-state index contributed by atoms with van der Waals surface area (Å²) < 4.78 is 28.4. The molecule has 28 heavy (non-hydrogen) atoms. The van der Waals surface area contributed by atoms with E-state index in [0.29, 0.717) is 18.0 Å². The van der Waals surface area contributed by atoms with Crippen LogP contribution in [0.5, 0.6) is 0 Å². The molecule has 2 aromatic rings. The van der Waals surface area contributed by atoms with Gasteiger partial charge in [0.05, 0.1) is 4.90 Å². The van der Waals surface area contributed by atoms with Crippen molar-refractivity contribution in [2.24, 2.45) is 5.92 Å². The van der Waals surface area contributed by atoms with Gasteiger partial charge in [-0.3, -0.25) is 4.79 Å². The van der Waals surface area contributed by atoms with E-state index >= 15 is 0 Å². The third kappa shape index (κ3) is 5.00. The molecule has 0 spiro atoms. The summed E-state index contributed by atoms with van der Waals surface area (Å²) in [6.07, 6.45) is 2.04. The molecule has 6 heteroatoms. The van der Waals surface area contributed by atoms with E-state index in [1.54, 1.807) is 19.1 Å². The highest BCUT2D eigenvalue weighted by Crippen LogP contribution is 2.29. The van der Waals surface area contributed by atoms with Crippen molar-refractivity contribution in [1.82, 2.24) is 9.62 Å². The molecule has 150 valence electrons. The number of sulfonamides is 1. The van der Waals surface area contributed by atoms with Crippen LogP contribution in [-0.2, 0) is 10.0 Å². The van der Waals surface area contributed by atoms with Gasteiger partial charge in [0.15, 0.2) is 0 Å². The number of hydrogen-bond donors (Lipinski definition) is 1. The summed E-state index contributed by atoms with van der Waals surface area (Å²) in [5, 5.41) is 0. The summed E-state index contributed by atoms with van der Waals surface area (Å²) >= 11 is 0. The zero-order chi connectivity index (χ0) is 20.3. The number of rotatable bonds is 8. The predicted molar refractivity (Wildman–Crippen MR) is 111 cm³/mol. The van der Waals surface area contributed by atoms with E-state index in [9.17, 15) is 13.2 Å². The summed E-state index contributed by atoms with van der Waals surface area (Å²) in [5.41, 5.74) is 1.30. The maximum atomic E-state index is 13.0. The van der Waals surface area contributed by atoms with E-state index in [1.807, 2.05) is 35.2 Å². The number of nitrogens with zero attached hydrogens (tertiary/aromatic N) is 1. The molecule has 1 amide bonds. The molecule has 1 saturated carbocycles. The molecule has 0 saturated heterocycles. The van der Waals surface area contributed by atoms with Crippen molar-refractivity contribution >= 4 is 15.9 Å². The van der Waals surface area contributed by atoms with Gasteiger partial charge in [-0.1, -0.05) is 50.2 Å². The van der Waals surface area contributed by atoms with Gasteiger partial charge < -0.3 is 4.90 Å². The molecule has 0 radical (unpaired) electrons. The normalized spacial score (nSPS) is 15.4. The van der Waals surface area contributed by atoms with E-state index in [4.69, 9.17) is 0 Å². The van der Waals surface area contributed by atoms with Gasteiger partial charge in [-0.05, 0) is 49.4 Å². The van der Waals surface area contributed by atoms with Gasteiger partial charge >= 0.3 is 0 Å². The molecule has 1 atom stereocenters. The molecule has 0 aromatic heterocycles. The highest BCUT2D eigenvalue weighted by Gasteiger charge is 2.33. The second-order valence-electron chi connectivity index (χ2n) is 7.86. The van der Waals surface area contributed by atoms with Crippen LogP contribution in [0, 0.1) is 5.92 Å². The van der Waals surface area contributed by atoms with Crippen LogP contribution in [-0.4, -0.2) is 31.8 Å². The second-order valence-corrected chi connectivity index (χ2v) is 9.58. The van der Waals surface area contributed by atoms with Crippen molar-refractivity contribution in [2.45, 2.75) is 50.6 Å². The van der Waals surface area contributed by atoms with Gasteiger partial charge in [0.25, 0.3) is 5.91 Å². The molecule has 5 nitrogen and oxygen atoms in total. The van der Waals surface area contributed by atoms with E-state index in [0.717, 1.165) is 18.4 Å². The van der Waals surface area contributed by atoms with Crippen LogP contribution >= 0.6 is 0 Å². The topological polar surface area (TPSA) is 66.5 Å². The molecule has 1 unspecified atom stereocenters. The molecule has 1 N–H and O–H groups in total. The molecule has 1 fully saturated rings. The average Bonchev–Trinajstić information content (AvgIpc) is 3.51. The van der Waals surface area contributed by atoms with Crippen LogP contribution in [0.15, 0.2) is 59.5 Å². The Kier molecular flexibility index (Phi) is 6.20. The fraction of sp³-hybridized carbons (Fsp3) is 0.409. The molecular weight excluding hydrogens is 372 g/mol. The monoisotopic (exact) mass is 400 g/mol. The zero-order valence-corrected chi connectivity index (χ0v) is 17.4. The third-order valence-electron chi connectivity index (χ3n) is 4.83. The van der Waals surface area contributed by atoms with Gasteiger partial charge in [-0.25, -0.2) is 13.1 Å². The van der Waals surface area contributed by atoms with Crippen LogP contribution in [0.4, 0.5) is 0 Å². The number of amides is 1. The summed E-state index contributed by atoms with van der Waals surface area (Å²) in [6.45, 7) is 6.65. The molecule has 2 aromatic carbocycles. The van der Waals surface area contributed by atoms with E-state index in [-0.39, 0.29) is 22.9 Å². The number of hydrogen-bond acceptors (Lipinski definition) is 3. The summed E-state index contributed by atoms with van der Waals surface area (Å²) in [7, 11) is -3.74. The van der Waals surface area contributed by atoms with Gasteiger partial charge in [0.2, 0.25) is 10.0 Å². The minimum absolute atomic E-state index is 0.0932. The minimum atomic E-state index is -3.74. The Balaban J connectivity index is 1.80. The lowest BCUT2D eigenvalue weighted by Crippen LogP contribution is -2.36. The average molecular weight is 401 g/mol. The Hall–Kier alpha value is -2.18. The molecule has 0 heterocycles. The van der Waals surface area contributed by atoms with Crippen molar-refractivity contribution in [1.29, 1.82) is 0 Å². The maximum absolute atomic E-state index is 13.0. The van der Waals surface area contributed by atoms with Gasteiger partial charge in [0.1, 0.15) is 0 Å². The lowest BCUT2D eigenvalue weighted by Gasteiger charge is -2.24. The van der Waals surface area contributed by atoms with Crippen LogP contribution < -0.4 is 4.72 Å². The van der Waals surface area contributed by atoms with Crippen molar-refractivity contribution in [2.75, 3.05) is 6.54 Å². The third-order valence-corrected chi connectivity index (χ3v) is 6.37. The Morgan fingerprint density at radius 1 is 1.07 bits per heavy atom. The SMILES string of the molecule is CC(C)CN(C(=O)c1cccc(S(=O)(=O)NC(C)c2ccccc2)c1)C1CC1. The van der Waals surface area contributed by atoms with Crippen LogP contribution in [0.1, 0.15) is 55.6 Å². The Morgan fingerprint density at radius 2 is 1.75 bits per heavy atom. The highest BCUT2D eigenvalue weighted by molar-refractivity contribution is 7.89. The van der Waals surface area contributed by atoms with Crippen LogP contribution in [0.25, 0.3) is 0 Å². The second kappa shape index (κ2) is 8.45. The van der Waals surface area contributed by atoms with Crippen molar-refractivity contribution in [3.63, 3.8) is 0 Å².